The van der Waals surface area contributed by atoms with Crippen molar-refractivity contribution in [2.45, 2.75) is 134 Å². The Labute approximate surface area is 262 Å². The molecular weight excluding hydrogens is 548 g/mol. The van der Waals surface area contributed by atoms with Crippen molar-refractivity contribution in [3.8, 4) is 0 Å². The summed E-state index contributed by atoms with van der Waals surface area (Å²) in [6, 6.07) is 9.64. The van der Waals surface area contributed by atoms with Crippen molar-refractivity contribution < 1.29 is 4.79 Å². The molecule has 0 atom stereocenters. The van der Waals surface area contributed by atoms with Crippen LogP contribution >= 0.6 is 0 Å². The van der Waals surface area contributed by atoms with Crippen LogP contribution in [0.25, 0.3) is 11.2 Å². The second-order valence-electron chi connectivity index (χ2n) is 13.5. The first kappa shape index (κ1) is 30.8. The van der Waals surface area contributed by atoms with Crippen molar-refractivity contribution in [1.82, 2.24) is 24.4 Å². The van der Waals surface area contributed by atoms with E-state index in [2.05, 4.69) is 34.3 Å². The van der Waals surface area contributed by atoms with Gasteiger partial charge in [0, 0.05) is 42.8 Å². The minimum absolute atomic E-state index is 0.136. The van der Waals surface area contributed by atoms with E-state index >= 15 is 0 Å². The van der Waals surface area contributed by atoms with Crippen molar-refractivity contribution in [2.24, 2.45) is 5.73 Å². The number of unbranched alkanes of at least 4 members (excludes halogenated alkanes) is 4. The summed E-state index contributed by atoms with van der Waals surface area (Å²) in [5.41, 5.74) is 10.0. The van der Waals surface area contributed by atoms with Crippen LogP contribution in [0.3, 0.4) is 0 Å². The first-order chi connectivity index (χ1) is 21.6. The van der Waals surface area contributed by atoms with E-state index in [1.54, 1.807) is 0 Å². The lowest BCUT2D eigenvalue weighted by Gasteiger charge is -2.33. The molecule has 3 heterocycles. The smallest absolute Gasteiger partial charge is 0.253 e. The van der Waals surface area contributed by atoms with Crippen LogP contribution in [0.5, 0.6) is 0 Å². The Morgan fingerprint density at radius 2 is 1.57 bits per heavy atom. The molecule has 1 amide bonds. The number of hydrogen-bond acceptors (Lipinski definition) is 7. The Bertz CT molecular complexity index is 1350. The molecule has 6 rings (SSSR count). The zero-order valence-electron chi connectivity index (χ0n) is 26.6. The van der Waals surface area contributed by atoms with Gasteiger partial charge in [0.25, 0.3) is 5.91 Å². The second kappa shape index (κ2) is 14.7. The topological polar surface area (TPSA) is 114 Å². The van der Waals surface area contributed by atoms with E-state index in [0.717, 1.165) is 80.6 Å². The molecular formula is C35H52N8O. The van der Waals surface area contributed by atoms with Crippen LogP contribution in [0.15, 0.2) is 30.6 Å². The molecule has 9 heteroatoms. The molecule has 44 heavy (non-hydrogen) atoms. The van der Waals surface area contributed by atoms with E-state index < -0.39 is 0 Å². The van der Waals surface area contributed by atoms with Gasteiger partial charge in [-0.2, -0.15) is 9.97 Å². The largest absolute Gasteiger partial charge is 0.365 e. The van der Waals surface area contributed by atoms with Gasteiger partial charge in [0.05, 0.1) is 6.33 Å². The minimum Gasteiger partial charge on any atom is -0.365 e. The molecule has 4 N–H and O–H groups in total. The molecule has 2 aliphatic carbocycles. The maximum atomic E-state index is 13.3. The number of amides is 1. The molecule has 3 fully saturated rings. The van der Waals surface area contributed by atoms with E-state index in [1.165, 1.54) is 63.4 Å². The van der Waals surface area contributed by atoms with Gasteiger partial charge in [0.15, 0.2) is 17.0 Å². The van der Waals surface area contributed by atoms with Crippen LogP contribution in [0.2, 0.25) is 0 Å². The summed E-state index contributed by atoms with van der Waals surface area (Å²) in [4.78, 5) is 30.1. The second-order valence-corrected chi connectivity index (χ2v) is 13.5. The number of nitrogens with zero attached hydrogens (tertiary/aromatic N) is 5. The van der Waals surface area contributed by atoms with Crippen LogP contribution in [0, 0.1) is 0 Å². The monoisotopic (exact) mass is 600 g/mol. The fraction of sp³-hybridized carbons (Fsp3) is 0.657. The highest BCUT2D eigenvalue weighted by Gasteiger charge is 2.27. The van der Waals surface area contributed by atoms with Gasteiger partial charge in [-0.25, -0.2) is 4.98 Å². The van der Waals surface area contributed by atoms with Crippen LogP contribution in [-0.2, 0) is 6.42 Å². The van der Waals surface area contributed by atoms with E-state index in [1.807, 2.05) is 23.4 Å². The van der Waals surface area contributed by atoms with Crippen molar-refractivity contribution in [3.63, 3.8) is 0 Å². The summed E-state index contributed by atoms with van der Waals surface area (Å²) >= 11 is 0. The molecule has 2 saturated carbocycles. The molecule has 238 valence electrons. The van der Waals surface area contributed by atoms with Crippen molar-refractivity contribution in [2.75, 3.05) is 23.7 Å². The van der Waals surface area contributed by atoms with Gasteiger partial charge in [0.2, 0.25) is 5.95 Å². The highest BCUT2D eigenvalue weighted by Crippen LogP contribution is 2.34. The van der Waals surface area contributed by atoms with Gasteiger partial charge in [-0.1, -0.05) is 57.6 Å². The predicted molar refractivity (Wildman–Crippen MR) is 178 cm³/mol. The van der Waals surface area contributed by atoms with Crippen LogP contribution in [0.1, 0.15) is 125 Å². The average Bonchev–Trinajstić information content (AvgIpc) is 3.73. The summed E-state index contributed by atoms with van der Waals surface area (Å²) < 4.78 is 2.27. The molecule has 0 radical (unpaired) electrons. The lowest BCUT2D eigenvalue weighted by Crippen LogP contribution is -2.42. The van der Waals surface area contributed by atoms with Gasteiger partial charge < -0.3 is 25.8 Å². The zero-order chi connectivity index (χ0) is 30.3. The number of hydrogen-bond donors (Lipinski definition) is 3. The number of aryl methyl sites for hydroxylation is 1. The Balaban J connectivity index is 1.08. The summed E-state index contributed by atoms with van der Waals surface area (Å²) in [6.07, 6.45) is 20.2. The SMILES string of the molecule is CCCCCCCc1ccc(C(=O)N2CCC(Nc3nc(N[C@H]4CC[C@H](N)CC4)nc4c3ncn4C3CCCC3)CC2)cc1. The van der Waals surface area contributed by atoms with Crippen LogP contribution in [0.4, 0.5) is 11.8 Å². The summed E-state index contributed by atoms with van der Waals surface area (Å²) in [7, 11) is 0. The molecule has 2 aromatic heterocycles. The first-order valence-electron chi connectivity index (χ1n) is 17.5. The summed E-state index contributed by atoms with van der Waals surface area (Å²) in [5, 5.41) is 7.36. The van der Waals surface area contributed by atoms with E-state index in [0.29, 0.717) is 24.1 Å². The number of likely N-dealkylation sites (tertiary alicyclic amines) is 1. The molecule has 0 bridgehead atoms. The number of imidazole rings is 1. The third-order valence-electron chi connectivity index (χ3n) is 10.1. The summed E-state index contributed by atoms with van der Waals surface area (Å²) in [6.45, 7) is 3.71. The fourth-order valence-electron chi connectivity index (χ4n) is 7.33. The third kappa shape index (κ3) is 7.53. The molecule has 1 aromatic carbocycles. The number of nitrogens with two attached hydrogens (primary N) is 1. The number of rotatable bonds is 12. The number of nitrogens with one attached hydrogen (secondary N) is 2. The number of benzene rings is 1. The standard InChI is InChI=1S/C35H52N8O/c1-2-3-4-5-6-9-25-12-14-26(15-13-25)34(44)42-22-20-29(21-23-42)38-32-31-33(43(24-37-31)30-10-7-8-11-30)41-35(40-32)39-28-18-16-27(36)17-19-28/h12-15,24,27-30H,2-11,16-23,36H2,1H3,(H2,38,39,40,41)/t27-,28-. The number of fused-ring (bicyclic) bond motifs is 1. The molecule has 0 unspecified atom stereocenters. The fourth-order valence-corrected chi connectivity index (χ4v) is 7.33. The first-order valence-corrected chi connectivity index (χ1v) is 17.5. The van der Waals surface area contributed by atoms with Gasteiger partial charge >= 0.3 is 0 Å². The molecule has 3 aromatic rings. The van der Waals surface area contributed by atoms with Gasteiger partial charge in [-0.05, 0) is 81.9 Å². The van der Waals surface area contributed by atoms with Crippen LogP contribution in [-0.4, -0.2) is 61.5 Å². The predicted octanol–water partition coefficient (Wildman–Crippen LogP) is 6.85. The molecule has 3 aliphatic rings. The van der Waals surface area contributed by atoms with E-state index in [9.17, 15) is 4.79 Å². The lowest BCUT2D eigenvalue weighted by atomic mass is 9.92. The van der Waals surface area contributed by atoms with Gasteiger partial charge in [-0.15, -0.1) is 0 Å². The molecule has 9 nitrogen and oxygen atoms in total. The average molecular weight is 601 g/mol. The molecule has 1 aliphatic heterocycles. The highest BCUT2D eigenvalue weighted by molar-refractivity contribution is 5.94. The van der Waals surface area contributed by atoms with Gasteiger partial charge in [0.1, 0.15) is 0 Å². The lowest BCUT2D eigenvalue weighted by molar-refractivity contribution is 0.0718. The van der Waals surface area contributed by atoms with Crippen molar-refractivity contribution in [3.05, 3.63) is 41.7 Å². The number of piperidine rings is 1. The van der Waals surface area contributed by atoms with Gasteiger partial charge in [-0.3, -0.25) is 4.79 Å². The van der Waals surface area contributed by atoms with Crippen LogP contribution < -0.4 is 16.4 Å². The van der Waals surface area contributed by atoms with E-state index in [4.69, 9.17) is 20.7 Å². The maximum Gasteiger partial charge on any atom is 0.253 e. The number of anilines is 2. The quantitative estimate of drug-likeness (QED) is 0.195. The third-order valence-corrected chi connectivity index (χ3v) is 10.1. The number of aromatic nitrogens is 4. The summed E-state index contributed by atoms with van der Waals surface area (Å²) in [5.74, 6) is 1.62. The normalized spacial score (nSPS) is 21.6. The maximum absolute atomic E-state index is 13.3. The van der Waals surface area contributed by atoms with E-state index in [-0.39, 0.29) is 11.9 Å². The highest BCUT2D eigenvalue weighted by atomic mass is 16.2. The molecule has 0 spiro atoms. The number of carbonyl (C=O) groups excluding carboxylic acids is 1. The Morgan fingerprint density at radius 3 is 2.30 bits per heavy atom. The Kier molecular flexibility index (Phi) is 10.3. The van der Waals surface area contributed by atoms with Crippen molar-refractivity contribution >= 4 is 28.8 Å². The minimum atomic E-state index is 0.136. The molecule has 1 saturated heterocycles. The zero-order valence-corrected chi connectivity index (χ0v) is 26.6. The Hall–Kier alpha value is -3.20. The van der Waals surface area contributed by atoms with Crippen molar-refractivity contribution in [1.29, 1.82) is 0 Å². The Morgan fingerprint density at radius 1 is 0.864 bits per heavy atom. The number of carbonyl (C=O) groups is 1.